The Hall–Kier alpha value is -2.87. The molecule has 0 aliphatic heterocycles. The van der Waals surface area contributed by atoms with E-state index in [1.807, 2.05) is 37.5 Å². The first-order valence-corrected chi connectivity index (χ1v) is 12.0. The molecule has 1 aromatic heterocycles. The lowest BCUT2D eigenvalue weighted by atomic mass is 10.0. The number of carbonyl (C=O) groups is 1. The van der Waals surface area contributed by atoms with Gasteiger partial charge in [-0.15, -0.1) is 10.2 Å². The summed E-state index contributed by atoms with van der Waals surface area (Å²) in [6, 6.07) is 14.0. The molecule has 2 aromatic carbocycles. The van der Waals surface area contributed by atoms with Crippen LogP contribution >= 0.6 is 11.8 Å². The van der Waals surface area contributed by atoms with Crippen LogP contribution in [0.3, 0.4) is 0 Å². The Balaban J connectivity index is 1.72. The largest absolute Gasteiger partial charge is 0.483 e. The maximum Gasteiger partial charge on any atom is 0.237 e. The zero-order valence-electron chi connectivity index (χ0n) is 19.9. The predicted octanol–water partition coefficient (Wildman–Crippen LogP) is 6.38. The maximum absolute atomic E-state index is 13.4. The van der Waals surface area contributed by atoms with Crippen LogP contribution in [-0.4, -0.2) is 25.9 Å². The number of hydrogen-bond acceptors (Lipinski definition) is 5. The minimum absolute atomic E-state index is 0.0744. The SMILES string of the molecule is CC(Sc1nnc(C(C)Oc2ccc(C(C)C)cc2)n1C(C)C)C(=O)Nc1cccc(F)c1. The van der Waals surface area contributed by atoms with Gasteiger partial charge in [0.1, 0.15) is 11.6 Å². The number of nitrogens with one attached hydrogen (secondary N) is 1. The van der Waals surface area contributed by atoms with Crippen LogP contribution in [0.2, 0.25) is 0 Å². The predicted molar refractivity (Wildman–Crippen MR) is 130 cm³/mol. The topological polar surface area (TPSA) is 69.0 Å². The third kappa shape index (κ3) is 6.35. The number of rotatable bonds is 9. The fourth-order valence-corrected chi connectivity index (χ4v) is 4.33. The Kier molecular flexibility index (Phi) is 8.13. The number of anilines is 1. The van der Waals surface area contributed by atoms with Crippen molar-refractivity contribution in [1.82, 2.24) is 14.8 Å². The molecule has 0 fully saturated rings. The number of nitrogens with zero attached hydrogens (tertiary/aromatic N) is 3. The van der Waals surface area contributed by atoms with E-state index in [1.54, 1.807) is 19.1 Å². The van der Waals surface area contributed by atoms with Crippen molar-refractivity contribution in [2.75, 3.05) is 5.32 Å². The quantitative estimate of drug-likeness (QED) is 0.368. The van der Waals surface area contributed by atoms with Crippen molar-refractivity contribution in [2.45, 2.75) is 70.0 Å². The standard InChI is InChI=1S/C25H31FN4O2S/c1-15(2)19-10-12-22(13-11-19)32-17(5)23-28-29-25(30(23)16(3)4)33-18(6)24(31)27-21-9-7-8-20(26)14-21/h7-18H,1-6H3,(H,27,31). The van der Waals surface area contributed by atoms with Crippen LogP contribution in [0.15, 0.2) is 53.7 Å². The second-order valence-electron chi connectivity index (χ2n) is 8.55. The molecule has 0 aliphatic carbocycles. The molecule has 176 valence electrons. The fraction of sp³-hybridized carbons (Fsp3) is 0.400. The van der Waals surface area contributed by atoms with E-state index in [2.05, 4.69) is 41.5 Å². The number of carbonyl (C=O) groups excluding carboxylic acids is 1. The van der Waals surface area contributed by atoms with Crippen LogP contribution in [0, 0.1) is 5.82 Å². The van der Waals surface area contributed by atoms with Crippen LogP contribution in [0.25, 0.3) is 0 Å². The lowest BCUT2D eigenvalue weighted by Crippen LogP contribution is -2.23. The van der Waals surface area contributed by atoms with Gasteiger partial charge in [0, 0.05) is 11.7 Å². The van der Waals surface area contributed by atoms with Crippen LogP contribution in [0.5, 0.6) is 5.75 Å². The van der Waals surface area contributed by atoms with Gasteiger partial charge >= 0.3 is 0 Å². The van der Waals surface area contributed by atoms with Crippen LogP contribution in [0.4, 0.5) is 10.1 Å². The highest BCUT2D eigenvalue weighted by molar-refractivity contribution is 8.00. The van der Waals surface area contributed by atoms with Crippen molar-refractivity contribution >= 4 is 23.4 Å². The van der Waals surface area contributed by atoms with Crippen LogP contribution < -0.4 is 10.1 Å². The number of hydrogen-bond donors (Lipinski definition) is 1. The molecule has 3 rings (SSSR count). The lowest BCUT2D eigenvalue weighted by Gasteiger charge is -2.20. The van der Waals surface area contributed by atoms with Crippen molar-refractivity contribution in [3.05, 3.63) is 65.7 Å². The van der Waals surface area contributed by atoms with Crippen LogP contribution in [-0.2, 0) is 4.79 Å². The van der Waals surface area contributed by atoms with Crippen molar-refractivity contribution in [1.29, 1.82) is 0 Å². The third-order valence-electron chi connectivity index (χ3n) is 5.17. The highest BCUT2D eigenvalue weighted by Gasteiger charge is 2.25. The summed E-state index contributed by atoms with van der Waals surface area (Å²) in [4.78, 5) is 12.6. The fourth-order valence-electron chi connectivity index (χ4n) is 3.34. The molecule has 33 heavy (non-hydrogen) atoms. The molecule has 1 N–H and O–H groups in total. The second kappa shape index (κ2) is 10.8. The molecule has 0 radical (unpaired) electrons. The van der Waals surface area contributed by atoms with Gasteiger partial charge in [-0.05, 0) is 69.5 Å². The number of benzene rings is 2. The monoisotopic (exact) mass is 470 g/mol. The molecule has 1 heterocycles. The summed E-state index contributed by atoms with van der Waals surface area (Å²) < 4.78 is 21.5. The van der Waals surface area contributed by atoms with Crippen molar-refractivity contribution in [3.63, 3.8) is 0 Å². The summed E-state index contributed by atoms with van der Waals surface area (Å²) in [7, 11) is 0. The Morgan fingerprint density at radius 2 is 1.73 bits per heavy atom. The zero-order valence-corrected chi connectivity index (χ0v) is 20.7. The van der Waals surface area contributed by atoms with E-state index in [4.69, 9.17) is 4.74 Å². The summed E-state index contributed by atoms with van der Waals surface area (Å²) in [6.07, 6.45) is -0.324. The van der Waals surface area contributed by atoms with E-state index >= 15 is 0 Å². The Morgan fingerprint density at radius 3 is 2.33 bits per heavy atom. The summed E-state index contributed by atoms with van der Waals surface area (Å²) in [5, 5.41) is 11.6. The lowest BCUT2D eigenvalue weighted by molar-refractivity contribution is -0.115. The molecule has 8 heteroatoms. The molecule has 0 saturated carbocycles. The Morgan fingerprint density at radius 1 is 1.03 bits per heavy atom. The summed E-state index contributed by atoms with van der Waals surface area (Å²) >= 11 is 1.31. The first-order chi connectivity index (χ1) is 15.7. The average Bonchev–Trinajstić information content (AvgIpc) is 3.18. The minimum atomic E-state index is -0.456. The van der Waals surface area contributed by atoms with E-state index in [1.165, 1.54) is 29.5 Å². The molecule has 0 aliphatic rings. The Labute approximate surface area is 199 Å². The number of aromatic nitrogens is 3. The minimum Gasteiger partial charge on any atom is -0.483 e. The molecule has 2 unspecified atom stereocenters. The number of ether oxygens (including phenoxy) is 1. The van der Waals surface area contributed by atoms with Gasteiger partial charge < -0.3 is 14.6 Å². The van der Waals surface area contributed by atoms with E-state index in [0.29, 0.717) is 22.6 Å². The average molecular weight is 471 g/mol. The Bertz CT molecular complexity index is 1080. The van der Waals surface area contributed by atoms with E-state index in [-0.39, 0.29) is 18.1 Å². The molecule has 0 bridgehead atoms. The van der Waals surface area contributed by atoms with Gasteiger partial charge in [0.15, 0.2) is 17.1 Å². The highest BCUT2D eigenvalue weighted by Crippen LogP contribution is 2.30. The van der Waals surface area contributed by atoms with E-state index in [9.17, 15) is 9.18 Å². The zero-order chi connectivity index (χ0) is 24.1. The molecule has 3 aromatic rings. The van der Waals surface area contributed by atoms with Gasteiger partial charge in [0.25, 0.3) is 0 Å². The van der Waals surface area contributed by atoms with Gasteiger partial charge in [-0.3, -0.25) is 4.79 Å². The summed E-state index contributed by atoms with van der Waals surface area (Å²) in [6.45, 7) is 12.1. The highest BCUT2D eigenvalue weighted by atomic mass is 32.2. The molecule has 6 nitrogen and oxygen atoms in total. The molecular formula is C25H31FN4O2S. The first-order valence-electron chi connectivity index (χ1n) is 11.1. The van der Waals surface area contributed by atoms with Gasteiger partial charge in [0.05, 0.1) is 5.25 Å². The maximum atomic E-state index is 13.4. The first kappa shape index (κ1) is 24.8. The molecular weight excluding hydrogens is 439 g/mol. The van der Waals surface area contributed by atoms with Crippen molar-refractivity contribution in [2.24, 2.45) is 0 Å². The van der Waals surface area contributed by atoms with Crippen LogP contribution in [0.1, 0.15) is 71.0 Å². The number of halogens is 1. The smallest absolute Gasteiger partial charge is 0.237 e. The van der Waals surface area contributed by atoms with E-state index < -0.39 is 11.1 Å². The molecule has 1 amide bonds. The van der Waals surface area contributed by atoms with E-state index in [0.717, 1.165) is 5.75 Å². The number of thioether (sulfide) groups is 1. The molecule has 2 atom stereocenters. The molecule has 0 spiro atoms. The van der Waals surface area contributed by atoms with Gasteiger partial charge in [-0.2, -0.15) is 0 Å². The number of amides is 1. The summed E-state index contributed by atoms with van der Waals surface area (Å²) in [5.41, 5.74) is 1.67. The third-order valence-corrected chi connectivity index (χ3v) is 6.23. The molecule has 0 saturated heterocycles. The van der Waals surface area contributed by atoms with Crippen molar-refractivity contribution in [3.8, 4) is 5.75 Å². The summed E-state index contributed by atoms with van der Waals surface area (Å²) in [5.74, 6) is 1.28. The normalized spacial score (nSPS) is 13.2. The van der Waals surface area contributed by atoms with Crippen molar-refractivity contribution < 1.29 is 13.9 Å². The second-order valence-corrected chi connectivity index (χ2v) is 9.86. The van der Waals surface area contributed by atoms with Gasteiger partial charge in [-0.1, -0.05) is 43.8 Å². The van der Waals surface area contributed by atoms with Gasteiger partial charge in [0.2, 0.25) is 5.91 Å². The van der Waals surface area contributed by atoms with Gasteiger partial charge in [-0.25, -0.2) is 4.39 Å².